The molecule has 0 atom stereocenters. The van der Waals surface area contributed by atoms with Crippen LogP contribution in [0.5, 0.6) is 5.75 Å². The highest BCUT2D eigenvalue weighted by molar-refractivity contribution is 5.56. The Kier molecular flexibility index (Phi) is 1.97. The molecule has 0 aliphatic carbocycles. The number of benzene rings is 1. The van der Waals surface area contributed by atoms with E-state index in [0.717, 1.165) is 25.1 Å². The standard InChI is InChI=1S/C11H13NO/c1-8-2-3-9-6-10(13)4-5-11(9)12-7-8/h4-6,12-13H,1-3,7H2. The zero-order valence-electron chi connectivity index (χ0n) is 7.51. The van der Waals surface area contributed by atoms with Crippen LogP contribution in [0.4, 0.5) is 5.69 Å². The Morgan fingerprint density at radius 3 is 3.00 bits per heavy atom. The first-order valence-corrected chi connectivity index (χ1v) is 4.48. The van der Waals surface area contributed by atoms with Crippen LogP contribution in [0.2, 0.25) is 0 Å². The van der Waals surface area contributed by atoms with Gasteiger partial charge < -0.3 is 10.4 Å². The Balaban J connectivity index is 2.35. The van der Waals surface area contributed by atoms with E-state index in [9.17, 15) is 5.11 Å². The summed E-state index contributed by atoms with van der Waals surface area (Å²) in [4.78, 5) is 0. The quantitative estimate of drug-likeness (QED) is 0.468. The molecular weight excluding hydrogens is 162 g/mol. The predicted molar refractivity (Wildman–Crippen MR) is 54.1 cm³/mol. The summed E-state index contributed by atoms with van der Waals surface area (Å²) < 4.78 is 0. The molecule has 2 nitrogen and oxygen atoms in total. The molecular formula is C11H13NO. The van der Waals surface area contributed by atoms with Crippen molar-refractivity contribution in [3.63, 3.8) is 0 Å². The fourth-order valence-corrected chi connectivity index (χ4v) is 1.58. The molecule has 0 unspecified atom stereocenters. The van der Waals surface area contributed by atoms with E-state index in [2.05, 4.69) is 11.9 Å². The molecule has 0 radical (unpaired) electrons. The lowest BCUT2D eigenvalue weighted by molar-refractivity contribution is 0.474. The van der Waals surface area contributed by atoms with Gasteiger partial charge in [0.2, 0.25) is 0 Å². The molecule has 68 valence electrons. The summed E-state index contributed by atoms with van der Waals surface area (Å²) in [6.07, 6.45) is 1.97. The fraction of sp³-hybridized carbons (Fsp3) is 0.273. The van der Waals surface area contributed by atoms with Gasteiger partial charge in [0, 0.05) is 12.2 Å². The van der Waals surface area contributed by atoms with Gasteiger partial charge in [-0.2, -0.15) is 0 Å². The molecule has 1 aliphatic rings. The molecule has 2 N–H and O–H groups in total. The molecule has 13 heavy (non-hydrogen) atoms. The highest BCUT2D eigenvalue weighted by Crippen LogP contribution is 2.26. The number of anilines is 1. The van der Waals surface area contributed by atoms with E-state index >= 15 is 0 Å². The molecule has 1 heterocycles. The van der Waals surface area contributed by atoms with Crippen molar-refractivity contribution in [3.05, 3.63) is 35.9 Å². The summed E-state index contributed by atoms with van der Waals surface area (Å²) in [6.45, 7) is 4.80. The minimum absolute atomic E-state index is 0.341. The number of aryl methyl sites for hydroxylation is 1. The van der Waals surface area contributed by atoms with Crippen LogP contribution in [0.1, 0.15) is 12.0 Å². The number of hydrogen-bond acceptors (Lipinski definition) is 2. The van der Waals surface area contributed by atoms with Crippen molar-refractivity contribution in [2.75, 3.05) is 11.9 Å². The molecule has 0 saturated carbocycles. The molecule has 0 fully saturated rings. The van der Waals surface area contributed by atoms with Crippen LogP contribution < -0.4 is 5.32 Å². The van der Waals surface area contributed by atoms with Crippen molar-refractivity contribution in [2.45, 2.75) is 12.8 Å². The smallest absolute Gasteiger partial charge is 0.116 e. The maximum atomic E-state index is 9.30. The Labute approximate surface area is 77.9 Å². The van der Waals surface area contributed by atoms with Crippen LogP contribution in [-0.4, -0.2) is 11.7 Å². The molecule has 1 aliphatic heterocycles. The van der Waals surface area contributed by atoms with Gasteiger partial charge in [-0.15, -0.1) is 0 Å². The monoisotopic (exact) mass is 175 g/mol. The molecule has 1 aromatic carbocycles. The number of phenolic OH excluding ortho intramolecular Hbond substituents is 1. The van der Waals surface area contributed by atoms with E-state index in [0.29, 0.717) is 5.75 Å². The summed E-state index contributed by atoms with van der Waals surface area (Å²) in [7, 11) is 0. The average Bonchev–Trinajstić information content (AvgIpc) is 2.29. The van der Waals surface area contributed by atoms with Gasteiger partial charge in [-0.3, -0.25) is 0 Å². The molecule has 0 aromatic heterocycles. The summed E-state index contributed by atoms with van der Waals surface area (Å²) in [6, 6.07) is 5.45. The number of rotatable bonds is 0. The predicted octanol–water partition coefficient (Wildman–Crippen LogP) is 2.31. The maximum Gasteiger partial charge on any atom is 0.116 e. The largest absolute Gasteiger partial charge is 0.508 e. The third-order valence-corrected chi connectivity index (χ3v) is 2.37. The average molecular weight is 175 g/mol. The van der Waals surface area contributed by atoms with Crippen LogP contribution in [0.15, 0.2) is 30.4 Å². The molecule has 0 saturated heterocycles. The Morgan fingerprint density at radius 2 is 2.15 bits per heavy atom. The fourth-order valence-electron chi connectivity index (χ4n) is 1.58. The topological polar surface area (TPSA) is 32.3 Å². The van der Waals surface area contributed by atoms with E-state index < -0.39 is 0 Å². The SMILES string of the molecule is C=C1CCc2cc(O)ccc2NC1. The van der Waals surface area contributed by atoms with Gasteiger partial charge in [-0.1, -0.05) is 12.2 Å². The second-order valence-corrected chi connectivity index (χ2v) is 3.45. The molecule has 2 heteroatoms. The minimum Gasteiger partial charge on any atom is -0.508 e. The third-order valence-electron chi connectivity index (χ3n) is 2.37. The van der Waals surface area contributed by atoms with E-state index in [1.54, 1.807) is 6.07 Å². The highest BCUT2D eigenvalue weighted by atomic mass is 16.3. The van der Waals surface area contributed by atoms with Crippen LogP contribution in [0.25, 0.3) is 0 Å². The summed E-state index contributed by atoms with van der Waals surface area (Å²) >= 11 is 0. The summed E-state index contributed by atoms with van der Waals surface area (Å²) in [5.41, 5.74) is 3.52. The number of phenols is 1. The normalized spacial score (nSPS) is 15.8. The van der Waals surface area contributed by atoms with E-state index in [4.69, 9.17) is 0 Å². The molecule has 0 spiro atoms. The van der Waals surface area contributed by atoms with Gasteiger partial charge in [-0.25, -0.2) is 0 Å². The van der Waals surface area contributed by atoms with Crippen molar-refractivity contribution < 1.29 is 5.11 Å². The van der Waals surface area contributed by atoms with Crippen molar-refractivity contribution in [1.82, 2.24) is 0 Å². The third kappa shape index (κ3) is 1.66. The van der Waals surface area contributed by atoms with Gasteiger partial charge in [0.1, 0.15) is 5.75 Å². The Hall–Kier alpha value is -1.44. The van der Waals surface area contributed by atoms with Crippen LogP contribution >= 0.6 is 0 Å². The number of aromatic hydroxyl groups is 1. The van der Waals surface area contributed by atoms with Crippen LogP contribution in [0.3, 0.4) is 0 Å². The highest BCUT2D eigenvalue weighted by Gasteiger charge is 2.08. The van der Waals surface area contributed by atoms with Crippen molar-refractivity contribution >= 4 is 5.69 Å². The van der Waals surface area contributed by atoms with E-state index in [-0.39, 0.29) is 0 Å². The summed E-state index contributed by atoms with van der Waals surface area (Å²) in [5, 5.41) is 12.6. The van der Waals surface area contributed by atoms with Gasteiger partial charge in [0.25, 0.3) is 0 Å². The lowest BCUT2D eigenvalue weighted by Crippen LogP contribution is -2.00. The van der Waals surface area contributed by atoms with Crippen molar-refractivity contribution in [3.8, 4) is 5.75 Å². The number of hydrogen-bond donors (Lipinski definition) is 2. The van der Waals surface area contributed by atoms with Crippen molar-refractivity contribution in [1.29, 1.82) is 0 Å². The van der Waals surface area contributed by atoms with Gasteiger partial charge in [-0.05, 0) is 36.6 Å². The van der Waals surface area contributed by atoms with Crippen molar-refractivity contribution in [2.24, 2.45) is 0 Å². The molecule has 0 amide bonds. The second-order valence-electron chi connectivity index (χ2n) is 3.45. The molecule has 0 bridgehead atoms. The molecule has 1 aromatic rings. The van der Waals surface area contributed by atoms with Crippen LogP contribution in [-0.2, 0) is 6.42 Å². The first kappa shape index (κ1) is 8.17. The van der Waals surface area contributed by atoms with E-state index in [1.165, 1.54) is 11.1 Å². The number of fused-ring (bicyclic) bond motifs is 1. The maximum absolute atomic E-state index is 9.30. The Morgan fingerprint density at radius 1 is 1.31 bits per heavy atom. The minimum atomic E-state index is 0.341. The second kappa shape index (κ2) is 3.13. The Bertz CT molecular complexity index is 344. The van der Waals surface area contributed by atoms with Gasteiger partial charge in [0.05, 0.1) is 0 Å². The van der Waals surface area contributed by atoms with E-state index in [1.807, 2.05) is 12.1 Å². The first-order valence-electron chi connectivity index (χ1n) is 4.48. The van der Waals surface area contributed by atoms with Crippen LogP contribution in [0, 0.1) is 0 Å². The number of nitrogens with one attached hydrogen (secondary N) is 1. The first-order chi connectivity index (χ1) is 6.25. The lowest BCUT2D eigenvalue weighted by Gasteiger charge is -2.06. The zero-order chi connectivity index (χ0) is 9.26. The zero-order valence-corrected chi connectivity index (χ0v) is 7.51. The summed E-state index contributed by atoms with van der Waals surface area (Å²) in [5.74, 6) is 0.341. The lowest BCUT2D eigenvalue weighted by atomic mass is 10.1. The van der Waals surface area contributed by atoms with Gasteiger partial charge >= 0.3 is 0 Å². The molecule has 2 rings (SSSR count). The van der Waals surface area contributed by atoms with Gasteiger partial charge in [0.15, 0.2) is 0 Å².